The quantitative estimate of drug-likeness (QED) is 0.742. The molecule has 0 aliphatic heterocycles. The number of hydrogen-bond acceptors (Lipinski definition) is 6. The fourth-order valence-corrected chi connectivity index (χ4v) is 3.02. The van der Waals surface area contributed by atoms with Crippen LogP contribution in [0.5, 0.6) is 0 Å². The van der Waals surface area contributed by atoms with Crippen LogP contribution in [-0.2, 0) is 5.75 Å². The second-order valence-electron chi connectivity index (χ2n) is 4.18. The van der Waals surface area contributed by atoms with Gasteiger partial charge in [-0.05, 0) is 42.7 Å². The molecule has 1 heterocycles. The van der Waals surface area contributed by atoms with Gasteiger partial charge in [0.25, 0.3) is 0 Å². The second kappa shape index (κ2) is 8.07. The summed E-state index contributed by atoms with van der Waals surface area (Å²) in [5.74, 6) is 2.89. The Morgan fingerprint density at radius 2 is 2.10 bits per heavy atom. The Kier molecular flexibility index (Phi) is 6.41. The minimum atomic E-state index is -0.165. The van der Waals surface area contributed by atoms with Crippen molar-refractivity contribution >= 4 is 39.5 Å². The van der Waals surface area contributed by atoms with Gasteiger partial charge in [-0.1, -0.05) is 21.1 Å². The summed E-state index contributed by atoms with van der Waals surface area (Å²) in [6, 6.07) is 7.98. The number of nitrogens with zero attached hydrogens (tertiary/aromatic N) is 2. The van der Waals surface area contributed by atoms with Crippen LogP contribution >= 0.6 is 39.5 Å². The van der Waals surface area contributed by atoms with Crippen molar-refractivity contribution in [2.24, 2.45) is 5.73 Å². The molecule has 0 saturated heterocycles. The van der Waals surface area contributed by atoms with E-state index in [2.05, 4.69) is 44.5 Å². The van der Waals surface area contributed by atoms with Crippen LogP contribution in [0.2, 0.25) is 0 Å². The number of aromatic nitrogens is 2. The highest BCUT2D eigenvalue weighted by atomic mass is 79.9. The number of benzene rings is 1. The van der Waals surface area contributed by atoms with Gasteiger partial charge in [0.2, 0.25) is 5.89 Å². The Balaban J connectivity index is 1.87. The van der Waals surface area contributed by atoms with Crippen LogP contribution < -0.4 is 5.73 Å². The van der Waals surface area contributed by atoms with Gasteiger partial charge in [-0.15, -0.1) is 11.8 Å². The smallest absolute Gasteiger partial charge is 0.243 e. The molecular weight excluding hydrogens is 358 g/mol. The Bertz CT molecular complexity index is 533. The van der Waals surface area contributed by atoms with Crippen molar-refractivity contribution in [2.75, 3.05) is 12.0 Å². The minimum absolute atomic E-state index is 0.165. The third-order valence-corrected chi connectivity index (χ3v) is 4.80. The summed E-state index contributed by atoms with van der Waals surface area (Å²) in [7, 11) is 0. The van der Waals surface area contributed by atoms with Gasteiger partial charge in [0.15, 0.2) is 5.82 Å². The second-order valence-corrected chi connectivity index (χ2v) is 7.13. The summed E-state index contributed by atoms with van der Waals surface area (Å²) in [5, 5.41) is 3.97. The standard InChI is InChI=1S/C13H16BrN3OS2/c1-19-7-6-11(15)13-16-12(17-18-13)8-20-10-4-2-9(14)3-5-10/h2-5,11H,6-8,15H2,1H3/t11-/m1/s1. The molecule has 0 unspecified atom stereocenters. The highest BCUT2D eigenvalue weighted by molar-refractivity contribution is 9.10. The Labute approximate surface area is 135 Å². The maximum Gasteiger partial charge on any atom is 0.243 e. The van der Waals surface area contributed by atoms with Gasteiger partial charge in [-0.25, -0.2) is 0 Å². The molecule has 0 bridgehead atoms. The molecule has 0 radical (unpaired) electrons. The summed E-state index contributed by atoms with van der Waals surface area (Å²) in [6.07, 6.45) is 2.91. The number of thioether (sulfide) groups is 2. The van der Waals surface area contributed by atoms with E-state index in [-0.39, 0.29) is 6.04 Å². The molecule has 1 aromatic heterocycles. The average molecular weight is 374 g/mol. The van der Waals surface area contributed by atoms with Gasteiger partial charge in [0, 0.05) is 9.37 Å². The lowest BCUT2D eigenvalue weighted by Crippen LogP contribution is -2.11. The molecule has 2 N–H and O–H groups in total. The molecule has 1 aromatic carbocycles. The molecule has 0 aliphatic carbocycles. The van der Waals surface area contributed by atoms with Crippen LogP contribution in [0.1, 0.15) is 24.2 Å². The van der Waals surface area contributed by atoms with E-state index in [1.807, 2.05) is 12.1 Å². The number of nitrogens with two attached hydrogens (primary N) is 1. The summed E-state index contributed by atoms with van der Waals surface area (Å²) in [4.78, 5) is 5.53. The summed E-state index contributed by atoms with van der Waals surface area (Å²) in [5.41, 5.74) is 6.00. The Morgan fingerprint density at radius 3 is 2.80 bits per heavy atom. The molecule has 0 fully saturated rings. The Hall–Kier alpha value is -0.500. The zero-order valence-electron chi connectivity index (χ0n) is 11.1. The zero-order chi connectivity index (χ0) is 14.4. The van der Waals surface area contributed by atoms with E-state index in [0.717, 1.165) is 16.6 Å². The molecule has 4 nitrogen and oxygen atoms in total. The summed E-state index contributed by atoms with van der Waals surface area (Å²) >= 11 is 6.85. The third kappa shape index (κ3) is 4.80. The summed E-state index contributed by atoms with van der Waals surface area (Å²) in [6.45, 7) is 0. The first kappa shape index (κ1) is 15.9. The van der Waals surface area contributed by atoms with Gasteiger partial charge in [0.05, 0.1) is 11.8 Å². The molecule has 108 valence electrons. The first-order valence-electron chi connectivity index (χ1n) is 6.14. The van der Waals surface area contributed by atoms with Gasteiger partial charge in [0.1, 0.15) is 0 Å². The molecule has 0 spiro atoms. The topological polar surface area (TPSA) is 64.9 Å². The van der Waals surface area contributed by atoms with Crippen molar-refractivity contribution in [3.63, 3.8) is 0 Å². The van der Waals surface area contributed by atoms with Gasteiger partial charge >= 0.3 is 0 Å². The van der Waals surface area contributed by atoms with Crippen molar-refractivity contribution in [1.29, 1.82) is 0 Å². The van der Waals surface area contributed by atoms with Crippen LogP contribution in [0, 0.1) is 0 Å². The van der Waals surface area contributed by atoms with E-state index in [0.29, 0.717) is 17.5 Å². The molecule has 1 atom stereocenters. The van der Waals surface area contributed by atoms with Crippen LogP contribution in [0.25, 0.3) is 0 Å². The van der Waals surface area contributed by atoms with E-state index >= 15 is 0 Å². The lowest BCUT2D eigenvalue weighted by molar-refractivity contribution is 0.350. The molecule has 0 saturated carbocycles. The highest BCUT2D eigenvalue weighted by Gasteiger charge is 2.14. The molecule has 20 heavy (non-hydrogen) atoms. The van der Waals surface area contributed by atoms with Crippen molar-refractivity contribution in [3.8, 4) is 0 Å². The molecule has 0 amide bonds. The van der Waals surface area contributed by atoms with Gasteiger partial charge in [-0.3, -0.25) is 0 Å². The van der Waals surface area contributed by atoms with Crippen molar-refractivity contribution in [3.05, 3.63) is 40.5 Å². The zero-order valence-corrected chi connectivity index (χ0v) is 14.3. The minimum Gasteiger partial charge on any atom is -0.338 e. The normalized spacial score (nSPS) is 12.6. The molecule has 2 aromatic rings. The van der Waals surface area contributed by atoms with E-state index in [1.54, 1.807) is 23.5 Å². The monoisotopic (exact) mass is 373 g/mol. The van der Waals surface area contributed by atoms with Crippen LogP contribution in [-0.4, -0.2) is 22.1 Å². The predicted octanol–water partition coefficient (Wildman–Crippen LogP) is 3.88. The molecule has 2 rings (SSSR count). The fraction of sp³-hybridized carbons (Fsp3) is 0.385. The number of rotatable bonds is 7. The number of halogens is 1. The van der Waals surface area contributed by atoms with E-state index in [1.165, 1.54) is 4.90 Å². The lowest BCUT2D eigenvalue weighted by Gasteiger charge is -2.03. The van der Waals surface area contributed by atoms with Gasteiger partial charge in [-0.2, -0.15) is 16.7 Å². The molecular formula is C13H16BrN3OS2. The van der Waals surface area contributed by atoms with Crippen molar-refractivity contribution < 1.29 is 4.52 Å². The maximum absolute atomic E-state index is 6.00. The van der Waals surface area contributed by atoms with Crippen molar-refractivity contribution in [2.45, 2.75) is 23.1 Å². The van der Waals surface area contributed by atoms with Crippen LogP contribution in [0.4, 0.5) is 0 Å². The SMILES string of the molecule is CSCC[C@@H](N)c1nc(CSc2ccc(Br)cc2)no1. The summed E-state index contributed by atoms with van der Waals surface area (Å²) < 4.78 is 6.29. The first-order chi connectivity index (χ1) is 9.69. The molecule has 7 heteroatoms. The number of hydrogen-bond donors (Lipinski definition) is 1. The third-order valence-electron chi connectivity index (χ3n) is 2.62. The fourth-order valence-electron chi connectivity index (χ4n) is 1.52. The molecule has 0 aliphatic rings. The first-order valence-corrected chi connectivity index (χ1v) is 9.31. The van der Waals surface area contributed by atoms with Crippen LogP contribution in [0.3, 0.4) is 0 Å². The largest absolute Gasteiger partial charge is 0.338 e. The van der Waals surface area contributed by atoms with Crippen LogP contribution in [0.15, 0.2) is 38.2 Å². The lowest BCUT2D eigenvalue weighted by atomic mass is 10.2. The maximum atomic E-state index is 6.00. The van der Waals surface area contributed by atoms with E-state index in [9.17, 15) is 0 Å². The van der Waals surface area contributed by atoms with Crippen molar-refractivity contribution in [1.82, 2.24) is 10.1 Å². The Morgan fingerprint density at radius 1 is 1.35 bits per heavy atom. The highest BCUT2D eigenvalue weighted by Crippen LogP contribution is 2.24. The van der Waals surface area contributed by atoms with E-state index < -0.39 is 0 Å². The van der Waals surface area contributed by atoms with E-state index in [4.69, 9.17) is 10.3 Å². The predicted molar refractivity (Wildman–Crippen MR) is 87.9 cm³/mol. The average Bonchev–Trinajstić information content (AvgIpc) is 2.93. The van der Waals surface area contributed by atoms with Gasteiger partial charge < -0.3 is 10.3 Å².